The van der Waals surface area contributed by atoms with Crippen LogP contribution in [-0.2, 0) is 6.54 Å². The molecule has 0 radical (unpaired) electrons. The predicted octanol–water partition coefficient (Wildman–Crippen LogP) is 3.32. The minimum absolute atomic E-state index is 0.201. The summed E-state index contributed by atoms with van der Waals surface area (Å²) < 4.78 is 10.7. The van der Waals surface area contributed by atoms with Gasteiger partial charge in [-0.25, -0.2) is 4.79 Å². The van der Waals surface area contributed by atoms with Gasteiger partial charge in [0.05, 0.1) is 19.2 Å². The Morgan fingerprint density at radius 1 is 1.45 bits per heavy atom. The van der Waals surface area contributed by atoms with Gasteiger partial charge in [-0.1, -0.05) is 12.1 Å². The second kappa shape index (κ2) is 6.23. The third-order valence-electron chi connectivity index (χ3n) is 4.10. The predicted molar refractivity (Wildman–Crippen MR) is 81.0 cm³/mol. The number of aromatic carboxylic acids is 1. The van der Waals surface area contributed by atoms with Gasteiger partial charge in [0, 0.05) is 6.04 Å². The van der Waals surface area contributed by atoms with E-state index in [1.54, 1.807) is 13.2 Å². The number of carboxylic acid groups (broad SMARTS) is 1. The highest BCUT2D eigenvalue weighted by Gasteiger charge is 2.27. The maximum Gasteiger partial charge on any atom is 0.338 e. The first kappa shape index (κ1) is 14.7. The molecule has 1 aliphatic heterocycles. The second-order valence-corrected chi connectivity index (χ2v) is 5.51. The van der Waals surface area contributed by atoms with Crippen molar-refractivity contribution in [3.05, 3.63) is 53.5 Å². The van der Waals surface area contributed by atoms with Crippen LogP contribution in [0.15, 0.2) is 41.0 Å². The lowest BCUT2D eigenvalue weighted by molar-refractivity contribution is 0.0696. The van der Waals surface area contributed by atoms with E-state index < -0.39 is 5.97 Å². The summed E-state index contributed by atoms with van der Waals surface area (Å²) in [4.78, 5) is 13.2. The molecule has 1 aromatic heterocycles. The van der Waals surface area contributed by atoms with E-state index in [2.05, 4.69) is 17.0 Å². The Balaban J connectivity index is 1.76. The summed E-state index contributed by atoms with van der Waals surface area (Å²) in [6.45, 7) is 1.60. The molecule has 1 atom stereocenters. The Bertz CT molecular complexity index is 664. The Kier molecular flexibility index (Phi) is 4.15. The number of hydrogen-bond acceptors (Lipinski definition) is 4. The van der Waals surface area contributed by atoms with Gasteiger partial charge in [-0.2, -0.15) is 0 Å². The topological polar surface area (TPSA) is 62.9 Å². The molecule has 1 aliphatic rings. The van der Waals surface area contributed by atoms with E-state index in [0.29, 0.717) is 18.3 Å². The van der Waals surface area contributed by atoms with Gasteiger partial charge in [0.1, 0.15) is 17.8 Å². The maximum atomic E-state index is 10.9. The zero-order chi connectivity index (χ0) is 15.5. The molecule has 1 saturated heterocycles. The molecule has 2 heterocycles. The van der Waals surface area contributed by atoms with Crippen LogP contribution in [0.2, 0.25) is 0 Å². The van der Waals surface area contributed by atoms with Crippen molar-refractivity contribution in [1.82, 2.24) is 4.90 Å². The SMILES string of the molecule is COc1cccc(C2CCCN2Cc2cc(C(=O)O)co2)c1. The molecular formula is C17H19NO4. The zero-order valence-electron chi connectivity index (χ0n) is 12.5. The summed E-state index contributed by atoms with van der Waals surface area (Å²) in [6.07, 6.45) is 3.50. The lowest BCUT2D eigenvalue weighted by Crippen LogP contribution is -2.22. The van der Waals surface area contributed by atoms with E-state index in [4.69, 9.17) is 14.3 Å². The number of carbonyl (C=O) groups is 1. The summed E-state index contributed by atoms with van der Waals surface area (Å²) in [5, 5.41) is 8.96. The number of hydrogen-bond donors (Lipinski definition) is 1. The van der Waals surface area contributed by atoms with Gasteiger partial charge in [0.2, 0.25) is 0 Å². The van der Waals surface area contributed by atoms with Crippen molar-refractivity contribution < 1.29 is 19.1 Å². The van der Waals surface area contributed by atoms with Gasteiger partial charge in [-0.15, -0.1) is 0 Å². The number of carboxylic acids is 1. The second-order valence-electron chi connectivity index (χ2n) is 5.51. The highest BCUT2D eigenvalue weighted by Crippen LogP contribution is 2.34. The van der Waals surface area contributed by atoms with Crippen LogP contribution in [0.25, 0.3) is 0 Å². The first-order chi connectivity index (χ1) is 10.7. The number of methoxy groups -OCH3 is 1. The first-order valence-electron chi connectivity index (χ1n) is 7.36. The lowest BCUT2D eigenvalue weighted by Gasteiger charge is -2.24. The molecule has 1 aromatic carbocycles. The number of nitrogens with zero attached hydrogens (tertiary/aromatic N) is 1. The molecule has 0 saturated carbocycles. The number of likely N-dealkylation sites (tertiary alicyclic amines) is 1. The molecule has 5 nitrogen and oxygen atoms in total. The summed E-state index contributed by atoms with van der Waals surface area (Å²) in [6, 6.07) is 10.0. The lowest BCUT2D eigenvalue weighted by atomic mass is 10.0. The molecule has 2 aromatic rings. The minimum atomic E-state index is -0.958. The molecule has 1 unspecified atom stereocenters. The Morgan fingerprint density at radius 3 is 3.05 bits per heavy atom. The Labute approximate surface area is 129 Å². The smallest absolute Gasteiger partial charge is 0.338 e. The van der Waals surface area contributed by atoms with Crippen LogP contribution in [0, 0.1) is 0 Å². The van der Waals surface area contributed by atoms with E-state index >= 15 is 0 Å². The average molecular weight is 301 g/mol. The first-order valence-corrected chi connectivity index (χ1v) is 7.36. The number of ether oxygens (including phenoxy) is 1. The number of furan rings is 1. The quantitative estimate of drug-likeness (QED) is 0.918. The number of rotatable bonds is 5. The van der Waals surface area contributed by atoms with Crippen molar-refractivity contribution in [2.75, 3.05) is 13.7 Å². The van der Waals surface area contributed by atoms with E-state index in [1.165, 1.54) is 11.8 Å². The third-order valence-corrected chi connectivity index (χ3v) is 4.10. The summed E-state index contributed by atoms with van der Waals surface area (Å²) in [5.41, 5.74) is 1.42. The van der Waals surface area contributed by atoms with Crippen molar-refractivity contribution in [2.45, 2.75) is 25.4 Å². The highest BCUT2D eigenvalue weighted by atomic mass is 16.5. The maximum absolute atomic E-state index is 10.9. The normalized spacial score (nSPS) is 18.5. The molecule has 0 bridgehead atoms. The van der Waals surface area contributed by atoms with Gasteiger partial charge >= 0.3 is 5.97 Å². The molecule has 116 valence electrons. The molecule has 0 amide bonds. The molecule has 1 N–H and O–H groups in total. The summed E-state index contributed by atoms with van der Waals surface area (Å²) in [5.74, 6) is 0.587. The van der Waals surface area contributed by atoms with E-state index in [-0.39, 0.29) is 5.56 Å². The monoisotopic (exact) mass is 301 g/mol. The minimum Gasteiger partial charge on any atom is -0.497 e. The molecule has 1 fully saturated rings. The van der Waals surface area contributed by atoms with Crippen molar-refractivity contribution in [1.29, 1.82) is 0 Å². The fourth-order valence-corrected chi connectivity index (χ4v) is 3.02. The molecular weight excluding hydrogens is 282 g/mol. The molecule has 22 heavy (non-hydrogen) atoms. The van der Waals surface area contributed by atoms with E-state index in [0.717, 1.165) is 25.1 Å². The highest BCUT2D eigenvalue weighted by molar-refractivity contribution is 5.87. The van der Waals surface area contributed by atoms with Crippen LogP contribution in [-0.4, -0.2) is 29.6 Å². The van der Waals surface area contributed by atoms with E-state index in [9.17, 15) is 4.79 Å². The molecule has 3 rings (SSSR count). The van der Waals surface area contributed by atoms with Crippen molar-refractivity contribution in [3.63, 3.8) is 0 Å². The van der Waals surface area contributed by atoms with Gasteiger partial charge < -0.3 is 14.3 Å². The number of benzene rings is 1. The van der Waals surface area contributed by atoms with Crippen molar-refractivity contribution in [2.24, 2.45) is 0 Å². The average Bonchev–Trinajstić information content (AvgIpc) is 3.17. The summed E-state index contributed by atoms with van der Waals surface area (Å²) in [7, 11) is 1.67. The van der Waals surface area contributed by atoms with Crippen LogP contribution in [0.4, 0.5) is 0 Å². The Hall–Kier alpha value is -2.27. The van der Waals surface area contributed by atoms with Crippen LogP contribution in [0.1, 0.15) is 40.6 Å². The van der Waals surface area contributed by atoms with Gasteiger partial charge in [0.25, 0.3) is 0 Å². The van der Waals surface area contributed by atoms with Gasteiger partial charge in [-0.3, -0.25) is 4.90 Å². The van der Waals surface area contributed by atoms with Crippen molar-refractivity contribution >= 4 is 5.97 Å². The Morgan fingerprint density at radius 2 is 2.32 bits per heavy atom. The fraction of sp³-hybridized carbons (Fsp3) is 0.353. The van der Waals surface area contributed by atoms with Crippen molar-refractivity contribution in [3.8, 4) is 5.75 Å². The van der Waals surface area contributed by atoms with Crippen LogP contribution in [0.3, 0.4) is 0 Å². The standard InChI is InChI=1S/C17H19NO4/c1-21-14-5-2-4-12(8-14)16-6-3-7-18(16)10-15-9-13(11-22-15)17(19)20/h2,4-5,8-9,11,16H,3,6-7,10H2,1H3,(H,19,20). The molecule has 5 heteroatoms. The largest absolute Gasteiger partial charge is 0.497 e. The third kappa shape index (κ3) is 2.99. The van der Waals surface area contributed by atoms with Crippen LogP contribution < -0.4 is 4.74 Å². The van der Waals surface area contributed by atoms with Gasteiger partial charge in [-0.05, 0) is 43.1 Å². The fourth-order valence-electron chi connectivity index (χ4n) is 3.02. The molecule has 0 aliphatic carbocycles. The van der Waals surface area contributed by atoms with Crippen LogP contribution in [0.5, 0.6) is 5.75 Å². The van der Waals surface area contributed by atoms with Gasteiger partial charge in [0.15, 0.2) is 0 Å². The zero-order valence-corrected chi connectivity index (χ0v) is 12.5. The van der Waals surface area contributed by atoms with E-state index in [1.807, 2.05) is 12.1 Å². The van der Waals surface area contributed by atoms with Crippen LogP contribution >= 0.6 is 0 Å². The molecule has 0 spiro atoms. The summed E-state index contributed by atoms with van der Waals surface area (Å²) >= 11 is 0.